The van der Waals surface area contributed by atoms with Crippen molar-refractivity contribution in [2.45, 2.75) is 30.6 Å². The molecule has 1 fully saturated rings. The number of pyridine rings is 1. The molecule has 2 heterocycles. The fourth-order valence-electron chi connectivity index (χ4n) is 1.99. The summed E-state index contributed by atoms with van der Waals surface area (Å²) < 4.78 is 5.17. The van der Waals surface area contributed by atoms with Crippen molar-refractivity contribution >= 4 is 11.8 Å². The first kappa shape index (κ1) is 11.7. The van der Waals surface area contributed by atoms with Crippen LogP contribution < -0.4 is 10.5 Å². The highest BCUT2D eigenvalue weighted by Crippen LogP contribution is 2.33. The van der Waals surface area contributed by atoms with Gasteiger partial charge in [-0.05, 0) is 30.2 Å². The molecule has 0 amide bonds. The predicted molar refractivity (Wildman–Crippen MR) is 67.8 cm³/mol. The van der Waals surface area contributed by atoms with Gasteiger partial charge in [-0.2, -0.15) is 11.8 Å². The van der Waals surface area contributed by atoms with Crippen LogP contribution in [0.1, 0.15) is 30.9 Å². The molecular formula is C12H18N2OS. The Balaban J connectivity index is 2.09. The van der Waals surface area contributed by atoms with Crippen LogP contribution in [0.4, 0.5) is 0 Å². The Labute approximate surface area is 101 Å². The van der Waals surface area contributed by atoms with Gasteiger partial charge >= 0.3 is 0 Å². The third kappa shape index (κ3) is 2.68. The minimum atomic E-state index is 0.0768. The summed E-state index contributed by atoms with van der Waals surface area (Å²) in [7, 11) is 1.65. The molecule has 2 unspecified atom stereocenters. The van der Waals surface area contributed by atoms with Crippen molar-refractivity contribution in [1.82, 2.24) is 4.98 Å². The molecule has 0 bridgehead atoms. The molecular weight excluding hydrogens is 220 g/mol. The number of rotatable bonds is 3. The Morgan fingerprint density at radius 2 is 2.38 bits per heavy atom. The Morgan fingerprint density at radius 1 is 1.50 bits per heavy atom. The normalized spacial score (nSPS) is 22.8. The molecule has 16 heavy (non-hydrogen) atoms. The van der Waals surface area contributed by atoms with E-state index in [0.29, 0.717) is 5.25 Å². The van der Waals surface area contributed by atoms with Crippen molar-refractivity contribution in [2.24, 2.45) is 5.73 Å². The molecule has 0 spiro atoms. The molecule has 4 heteroatoms. The molecule has 1 aromatic rings. The van der Waals surface area contributed by atoms with Crippen LogP contribution in [0.5, 0.6) is 5.75 Å². The summed E-state index contributed by atoms with van der Waals surface area (Å²) in [5.74, 6) is 2.02. The van der Waals surface area contributed by atoms with Crippen LogP contribution in [-0.2, 0) is 0 Å². The van der Waals surface area contributed by atoms with Gasteiger partial charge in [-0.1, -0.05) is 6.42 Å². The van der Waals surface area contributed by atoms with Crippen molar-refractivity contribution in [2.75, 3.05) is 12.9 Å². The van der Waals surface area contributed by atoms with E-state index in [4.69, 9.17) is 10.5 Å². The highest BCUT2D eigenvalue weighted by atomic mass is 32.2. The van der Waals surface area contributed by atoms with Gasteiger partial charge in [0.05, 0.1) is 13.3 Å². The Kier molecular flexibility index (Phi) is 4.07. The lowest BCUT2D eigenvalue weighted by Crippen LogP contribution is -2.26. The standard InChI is InChI=1S/C12H18N2OS/c1-15-10-6-9(7-14-8-10)12(13)11-4-2-3-5-16-11/h6-8,11-12H,2-5,13H2,1H3. The number of thioether (sulfide) groups is 1. The van der Waals surface area contributed by atoms with Crippen LogP contribution in [0, 0.1) is 0 Å². The number of nitrogens with two attached hydrogens (primary N) is 1. The van der Waals surface area contributed by atoms with Crippen molar-refractivity contribution in [3.05, 3.63) is 24.0 Å². The number of aromatic nitrogens is 1. The first-order valence-corrected chi connectivity index (χ1v) is 6.72. The van der Waals surface area contributed by atoms with Crippen LogP contribution in [0.15, 0.2) is 18.5 Å². The molecule has 0 radical (unpaired) electrons. The Morgan fingerprint density at radius 3 is 3.06 bits per heavy atom. The summed E-state index contributed by atoms with van der Waals surface area (Å²) >= 11 is 1.99. The summed E-state index contributed by atoms with van der Waals surface area (Å²) in [4.78, 5) is 4.16. The van der Waals surface area contributed by atoms with Gasteiger partial charge in [-0.25, -0.2) is 0 Å². The third-order valence-electron chi connectivity index (χ3n) is 2.97. The lowest BCUT2D eigenvalue weighted by molar-refractivity contribution is 0.411. The van der Waals surface area contributed by atoms with E-state index in [0.717, 1.165) is 11.3 Å². The zero-order valence-corrected chi connectivity index (χ0v) is 10.4. The molecule has 0 aliphatic carbocycles. The average Bonchev–Trinajstić information content (AvgIpc) is 2.39. The van der Waals surface area contributed by atoms with E-state index in [9.17, 15) is 0 Å². The van der Waals surface area contributed by atoms with Crippen LogP contribution in [0.25, 0.3) is 0 Å². The van der Waals surface area contributed by atoms with Gasteiger partial charge in [0.1, 0.15) is 5.75 Å². The van der Waals surface area contributed by atoms with E-state index in [1.54, 1.807) is 13.3 Å². The van der Waals surface area contributed by atoms with Crippen LogP contribution >= 0.6 is 11.8 Å². The summed E-state index contributed by atoms with van der Waals surface area (Å²) in [6.45, 7) is 0. The lowest BCUT2D eigenvalue weighted by atomic mass is 10.0. The molecule has 0 aromatic carbocycles. The van der Waals surface area contributed by atoms with E-state index in [1.165, 1.54) is 25.0 Å². The second-order valence-corrected chi connectivity index (χ2v) is 5.44. The van der Waals surface area contributed by atoms with Gasteiger partial charge in [0.15, 0.2) is 0 Å². The summed E-state index contributed by atoms with van der Waals surface area (Å²) in [5.41, 5.74) is 7.36. The van der Waals surface area contributed by atoms with Crippen LogP contribution in [0.3, 0.4) is 0 Å². The second kappa shape index (κ2) is 5.55. The Bertz CT molecular complexity index is 340. The summed E-state index contributed by atoms with van der Waals surface area (Å²) in [6, 6.07) is 2.07. The van der Waals surface area contributed by atoms with E-state index in [1.807, 2.05) is 24.0 Å². The van der Waals surface area contributed by atoms with E-state index < -0.39 is 0 Å². The molecule has 1 aliphatic heterocycles. The summed E-state index contributed by atoms with van der Waals surface area (Å²) in [5, 5.41) is 0.530. The monoisotopic (exact) mass is 238 g/mol. The fourth-order valence-corrected chi connectivity index (χ4v) is 3.36. The van der Waals surface area contributed by atoms with E-state index in [-0.39, 0.29) is 6.04 Å². The molecule has 2 rings (SSSR count). The zero-order chi connectivity index (χ0) is 11.4. The van der Waals surface area contributed by atoms with Crippen molar-refractivity contribution in [3.63, 3.8) is 0 Å². The zero-order valence-electron chi connectivity index (χ0n) is 9.56. The smallest absolute Gasteiger partial charge is 0.137 e. The van der Waals surface area contributed by atoms with Gasteiger partial charge in [0, 0.05) is 17.5 Å². The number of hydrogen-bond donors (Lipinski definition) is 1. The molecule has 2 atom stereocenters. The van der Waals surface area contributed by atoms with E-state index in [2.05, 4.69) is 4.98 Å². The van der Waals surface area contributed by atoms with Crippen LogP contribution in [-0.4, -0.2) is 23.1 Å². The highest BCUT2D eigenvalue weighted by molar-refractivity contribution is 8.00. The van der Waals surface area contributed by atoms with Gasteiger partial charge in [0.2, 0.25) is 0 Å². The highest BCUT2D eigenvalue weighted by Gasteiger charge is 2.22. The SMILES string of the molecule is COc1cncc(C(N)C2CCCCS2)c1. The van der Waals surface area contributed by atoms with Gasteiger partial charge in [-0.15, -0.1) is 0 Å². The second-order valence-electron chi connectivity index (χ2n) is 4.09. The first-order chi connectivity index (χ1) is 7.81. The molecule has 1 saturated heterocycles. The topological polar surface area (TPSA) is 48.1 Å². The number of methoxy groups -OCH3 is 1. The maximum atomic E-state index is 6.28. The largest absolute Gasteiger partial charge is 0.495 e. The first-order valence-electron chi connectivity index (χ1n) is 5.67. The maximum absolute atomic E-state index is 6.28. The Hall–Kier alpha value is -0.740. The molecule has 2 N–H and O–H groups in total. The van der Waals surface area contributed by atoms with Gasteiger partial charge < -0.3 is 10.5 Å². The van der Waals surface area contributed by atoms with Gasteiger partial charge in [-0.3, -0.25) is 4.98 Å². The van der Waals surface area contributed by atoms with Crippen LogP contribution in [0.2, 0.25) is 0 Å². The number of hydrogen-bond acceptors (Lipinski definition) is 4. The average molecular weight is 238 g/mol. The molecule has 0 saturated carbocycles. The molecule has 3 nitrogen and oxygen atoms in total. The van der Waals surface area contributed by atoms with Crippen molar-refractivity contribution in [1.29, 1.82) is 0 Å². The van der Waals surface area contributed by atoms with E-state index >= 15 is 0 Å². The van der Waals surface area contributed by atoms with Gasteiger partial charge in [0.25, 0.3) is 0 Å². The minimum absolute atomic E-state index is 0.0768. The number of nitrogens with zero attached hydrogens (tertiary/aromatic N) is 1. The summed E-state index contributed by atoms with van der Waals surface area (Å²) in [6.07, 6.45) is 7.39. The molecule has 1 aliphatic rings. The fraction of sp³-hybridized carbons (Fsp3) is 0.583. The third-order valence-corrected chi connectivity index (χ3v) is 4.45. The van der Waals surface area contributed by atoms with Crippen molar-refractivity contribution in [3.8, 4) is 5.75 Å². The quantitative estimate of drug-likeness (QED) is 0.878. The lowest BCUT2D eigenvalue weighted by Gasteiger charge is -2.27. The van der Waals surface area contributed by atoms with Crippen molar-refractivity contribution < 1.29 is 4.74 Å². The predicted octanol–water partition coefficient (Wildman–Crippen LogP) is 2.38. The maximum Gasteiger partial charge on any atom is 0.137 e. The number of ether oxygens (including phenoxy) is 1. The molecule has 1 aromatic heterocycles. The molecule has 88 valence electrons. The minimum Gasteiger partial charge on any atom is -0.495 e.